The minimum absolute atomic E-state index is 0.0196. The highest BCUT2D eigenvalue weighted by Gasteiger charge is 2.24. The van der Waals surface area contributed by atoms with Gasteiger partial charge in [0, 0.05) is 25.9 Å². The molecule has 1 aliphatic heterocycles. The summed E-state index contributed by atoms with van der Waals surface area (Å²) >= 11 is 0. The van der Waals surface area contributed by atoms with Gasteiger partial charge in [-0.15, -0.1) is 0 Å². The Balaban J connectivity index is 1.89. The van der Waals surface area contributed by atoms with Crippen molar-refractivity contribution in [2.24, 2.45) is 0 Å². The van der Waals surface area contributed by atoms with E-state index in [0.717, 1.165) is 19.5 Å². The van der Waals surface area contributed by atoms with E-state index in [1.807, 2.05) is 19.1 Å². The Morgan fingerprint density at radius 2 is 2.00 bits per heavy atom. The van der Waals surface area contributed by atoms with E-state index in [9.17, 15) is 13.2 Å². The predicted molar refractivity (Wildman–Crippen MR) is 82.7 cm³/mol. The summed E-state index contributed by atoms with van der Waals surface area (Å²) in [6.45, 7) is 3.64. The fourth-order valence-electron chi connectivity index (χ4n) is 2.52. The summed E-state index contributed by atoms with van der Waals surface area (Å²) in [7, 11) is -3.04. The number of hydrogen-bond acceptors (Lipinski definition) is 4. The number of nitrogens with zero attached hydrogens (tertiary/aromatic N) is 1. The molecule has 6 heteroatoms. The lowest BCUT2D eigenvalue weighted by molar-refractivity contribution is -0.126. The first-order chi connectivity index (χ1) is 9.87. The molecule has 1 atom stereocenters. The van der Waals surface area contributed by atoms with Crippen molar-refractivity contribution >= 4 is 15.7 Å². The Kier molecular flexibility index (Phi) is 5.00. The predicted octanol–water partition coefficient (Wildman–Crippen LogP) is 0.594. The molecule has 1 heterocycles. The van der Waals surface area contributed by atoms with Gasteiger partial charge in [0.05, 0.1) is 11.8 Å². The van der Waals surface area contributed by atoms with Gasteiger partial charge >= 0.3 is 0 Å². The summed E-state index contributed by atoms with van der Waals surface area (Å²) in [5.74, 6) is -0.132. The minimum atomic E-state index is -3.04. The molecule has 0 unspecified atom stereocenters. The van der Waals surface area contributed by atoms with E-state index in [0.29, 0.717) is 0 Å². The average molecular weight is 310 g/mol. The highest BCUT2D eigenvalue weighted by Crippen LogP contribution is 2.20. The van der Waals surface area contributed by atoms with Gasteiger partial charge < -0.3 is 5.32 Å². The van der Waals surface area contributed by atoms with Crippen molar-refractivity contribution < 1.29 is 13.2 Å². The summed E-state index contributed by atoms with van der Waals surface area (Å²) in [6, 6.07) is 8.02. The van der Waals surface area contributed by atoms with Crippen LogP contribution in [0.5, 0.6) is 0 Å². The maximum Gasteiger partial charge on any atom is 0.237 e. The summed E-state index contributed by atoms with van der Waals surface area (Å²) in [4.78, 5) is 14.2. The first-order valence-electron chi connectivity index (χ1n) is 7.13. The Morgan fingerprint density at radius 1 is 1.33 bits per heavy atom. The normalized spacial score (nSPS) is 17.0. The molecular formula is C15H22N2O3S. The van der Waals surface area contributed by atoms with Gasteiger partial charge in [0.15, 0.2) is 0 Å². The molecule has 21 heavy (non-hydrogen) atoms. The number of carbonyl (C=O) groups is 1. The van der Waals surface area contributed by atoms with Crippen molar-refractivity contribution in [3.8, 4) is 0 Å². The number of benzene rings is 1. The SMILES string of the molecule is C[C@H](C(=O)NCCS(C)(=O)=O)N1CCc2ccccc2C1. The number of fused-ring (bicyclic) bond motifs is 1. The molecule has 1 aromatic rings. The second kappa shape index (κ2) is 6.58. The van der Waals surface area contributed by atoms with Gasteiger partial charge in [-0.25, -0.2) is 8.42 Å². The van der Waals surface area contributed by atoms with Crippen molar-refractivity contribution in [2.75, 3.05) is 25.1 Å². The zero-order valence-electron chi connectivity index (χ0n) is 12.5. The van der Waals surface area contributed by atoms with Crippen LogP contribution >= 0.6 is 0 Å². The second-order valence-corrected chi connectivity index (χ2v) is 7.85. The van der Waals surface area contributed by atoms with Gasteiger partial charge in [0.1, 0.15) is 9.84 Å². The van der Waals surface area contributed by atoms with Gasteiger partial charge in [0.25, 0.3) is 0 Å². The number of nitrogens with one attached hydrogen (secondary N) is 1. The van der Waals surface area contributed by atoms with Gasteiger partial charge in [-0.3, -0.25) is 9.69 Å². The largest absolute Gasteiger partial charge is 0.354 e. The van der Waals surface area contributed by atoms with Crippen molar-refractivity contribution in [3.63, 3.8) is 0 Å². The minimum Gasteiger partial charge on any atom is -0.354 e. The van der Waals surface area contributed by atoms with E-state index in [-0.39, 0.29) is 24.2 Å². The molecule has 1 aromatic carbocycles. The van der Waals surface area contributed by atoms with Gasteiger partial charge in [-0.1, -0.05) is 24.3 Å². The Hall–Kier alpha value is -1.40. The van der Waals surface area contributed by atoms with Gasteiger partial charge in [-0.05, 0) is 24.5 Å². The molecule has 0 saturated heterocycles. The summed E-state index contributed by atoms with van der Waals surface area (Å²) in [5, 5.41) is 2.70. The Morgan fingerprint density at radius 3 is 2.67 bits per heavy atom. The number of hydrogen-bond donors (Lipinski definition) is 1. The zero-order chi connectivity index (χ0) is 15.5. The average Bonchev–Trinajstić information content (AvgIpc) is 2.44. The number of carbonyl (C=O) groups excluding carboxylic acids is 1. The van der Waals surface area contributed by atoms with Crippen LogP contribution in [0.25, 0.3) is 0 Å². The van der Waals surface area contributed by atoms with Crippen LogP contribution in [-0.4, -0.2) is 50.4 Å². The lowest BCUT2D eigenvalue weighted by Gasteiger charge is -2.32. The molecule has 5 nitrogen and oxygen atoms in total. The maximum atomic E-state index is 12.1. The van der Waals surface area contributed by atoms with E-state index in [1.165, 1.54) is 17.4 Å². The van der Waals surface area contributed by atoms with Crippen LogP contribution in [-0.2, 0) is 27.6 Å². The van der Waals surface area contributed by atoms with Crippen molar-refractivity contribution in [1.29, 1.82) is 0 Å². The summed E-state index contributed by atoms with van der Waals surface area (Å²) in [5.41, 5.74) is 2.61. The van der Waals surface area contributed by atoms with Crippen molar-refractivity contribution in [1.82, 2.24) is 10.2 Å². The standard InChI is InChI=1S/C15H22N2O3S/c1-12(15(18)16-8-10-21(2,19)20)17-9-7-13-5-3-4-6-14(13)11-17/h3-6,12H,7-11H2,1-2H3,(H,16,18)/t12-/m1/s1. The fraction of sp³-hybridized carbons (Fsp3) is 0.533. The van der Waals surface area contributed by atoms with Crippen molar-refractivity contribution in [3.05, 3.63) is 35.4 Å². The Labute approximate surface area is 126 Å². The molecule has 0 saturated carbocycles. The lowest BCUT2D eigenvalue weighted by Crippen LogP contribution is -2.47. The third-order valence-corrected chi connectivity index (χ3v) is 4.81. The molecule has 0 aromatic heterocycles. The molecule has 1 aliphatic rings. The highest BCUT2D eigenvalue weighted by molar-refractivity contribution is 7.90. The summed E-state index contributed by atoms with van der Waals surface area (Å²) in [6.07, 6.45) is 2.11. The molecule has 1 amide bonds. The van der Waals surface area contributed by atoms with E-state index < -0.39 is 9.84 Å². The quantitative estimate of drug-likeness (QED) is 0.864. The van der Waals surface area contributed by atoms with Crippen LogP contribution in [0.2, 0.25) is 0 Å². The van der Waals surface area contributed by atoms with Gasteiger partial charge in [0.2, 0.25) is 5.91 Å². The molecule has 1 N–H and O–H groups in total. The number of sulfone groups is 1. The van der Waals surface area contributed by atoms with Crippen LogP contribution < -0.4 is 5.32 Å². The van der Waals surface area contributed by atoms with E-state index >= 15 is 0 Å². The first-order valence-corrected chi connectivity index (χ1v) is 9.19. The van der Waals surface area contributed by atoms with Crippen LogP contribution in [0.15, 0.2) is 24.3 Å². The number of rotatable bonds is 5. The van der Waals surface area contributed by atoms with Crippen LogP contribution in [0.1, 0.15) is 18.1 Å². The molecule has 0 bridgehead atoms. The molecule has 0 fully saturated rings. The molecular weight excluding hydrogens is 288 g/mol. The van der Waals surface area contributed by atoms with Gasteiger partial charge in [-0.2, -0.15) is 0 Å². The first kappa shape index (κ1) is 16.0. The third-order valence-electron chi connectivity index (χ3n) is 3.86. The number of amides is 1. The molecule has 0 aliphatic carbocycles. The molecule has 0 spiro atoms. The maximum absolute atomic E-state index is 12.1. The smallest absolute Gasteiger partial charge is 0.237 e. The second-order valence-electron chi connectivity index (χ2n) is 5.59. The molecule has 2 rings (SSSR count). The molecule has 116 valence electrons. The lowest BCUT2D eigenvalue weighted by atomic mass is 9.99. The van der Waals surface area contributed by atoms with Crippen LogP contribution in [0.3, 0.4) is 0 Å². The monoisotopic (exact) mass is 310 g/mol. The van der Waals surface area contributed by atoms with Crippen LogP contribution in [0, 0.1) is 0 Å². The summed E-state index contributed by atoms with van der Waals surface area (Å²) < 4.78 is 22.1. The topological polar surface area (TPSA) is 66.5 Å². The molecule has 0 radical (unpaired) electrons. The Bertz CT molecular complexity index is 613. The zero-order valence-corrected chi connectivity index (χ0v) is 13.3. The third kappa shape index (κ3) is 4.54. The highest BCUT2D eigenvalue weighted by atomic mass is 32.2. The van der Waals surface area contributed by atoms with Crippen molar-refractivity contribution in [2.45, 2.75) is 25.9 Å². The van der Waals surface area contributed by atoms with Crippen LogP contribution in [0.4, 0.5) is 0 Å². The van der Waals surface area contributed by atoms with E-state index in [2.05, 4.69) is 22.3 Å². The van der Waals surface area contributed by atoms with E-state index in [4.69, 9.17) is 0 Å². The van der Waals surface area contributed by atoms with E-state index in [1.54, 1.807) is 0 Å². The fourth-order valence-corrected chi connectivity index (χ4v) is 2.99.